The fraction of sp³-hybridized carbons (Fsp3) is 0.136. The Balaban J connectivity index is 1.98. The first kappa shape index (κ1) is 22.2. The second-order valence-corrected chi connectivity index (χ2v) is 9.65. The summed E-state index contributed by atoms with van der Waals surface area (Å²) in [4.78, 5) is 13.9. The molecule has 0 unspecified atom stereocenters. The normalized spacial score (nSPS) is 11.2. The van der Waals surface area contributed by atoms with Crippen LogP contribution in [-0.4, -0.2) is 27.1 Å². The van der Waals surface area contributed by atoms with Gasteiger partial charge < -0.3 is 5.32 Å². The monoisotopic (exact) mass is 460 g/mol. The Labute approximate surface area is 186 Å². The second kappa shape index (κ2) is 9.55. The van der Waals surface area contributed by atoms with E-state index in [1.807, 2.05) is 24.5 Å². The number of nitrogens with zero attached hydrogens (tertiary/aromatic N) is 1. The Morgan fingerprint density at radius 3 is 2.37 bits per heavy atom. The van der Waals surface area contributed by atoms with E-state index in [0.29, 0.717) is 22.0 Å². The third-order valence-corrected chi connectivity index (χ3v) is 7.23. The molecule has 0 aliphatic carbocycles. The van der Waals surface area contributed by atoms with Gasteiger partial charge in [-0.3, -0.25) is 9.10 Å². The molecular formula is C22H21ClN2O3S2. The van der Waals surface area contributed by atoms with Crippen LogP contribution >= 0.6 is 23.4 Å². The van der Waals surface area contributed by atoms with Gasteiger partial charge in [-0.1, -0.05) is 41.9 Å². The molecule has 30 heavy (non-hydrogen) atoms. The minimum Gasteiger partial charge on any atom is -0.323 e. The number of nitrogens with one attached hydrogen (secondary N) is 1. The van der Waals surface area contributed by atoms with Gasteiger partial charge in [0, 0.05) is 9.92 Å². The van der Waals surface area contributed by atoms with Gasteiger partial charge in [0.1, 0.15) is 6.54 Å². The summed E-state index contributed by atoms with van der Waals surface area (Å²) in [7, 11) is -3.97. The molecule has 0 heterocycles. The van der Waals surface area contributed by atoms with E-state index in [4.69, 9.17) is 11.6 Å². The second-order valence-electron chi connectivity index (χ2n) is 6.50. The first-order chi connectivity index (χ1) is 14.3. The largest absolute Gasteiger partial charge is 0.323 e. The summed E-state index contributed by atoms with van der Waals surface area (Å²) in [5.74, 6) is -0.439. The lowest BCUT2D eigenvalue weighted by atomic mass is 10.2. The molecular weight excluding hydrogens is 440 g/mol. The number of amides is 1. The summed E-state index contributed by atoms with van der Waals surface area (Å²) in [5.41, 5.74) is 1.69. The van der Waals surface area contributed by atoms with Crippen molar-refractivity contribution in [2.75, 3.05) is 22.4 Å². The van der Waals surface area contributed by atoms with E-state index < -0.39 is 15.9 Å². The zero-order valence-corrected chi connectivity index (χ0v) is 18.9. The van der Waals surface area contributed by atoms with Gasteiger partial charge in [0.05, 0.1) is 16.3 Å². The zero-order chi connectivity index (χ0) is 21.7. The average molecular weight is 461 g/mol. The number of benzene rings is 3. The van der Waals surface area contributed by atoms with Crippen molar-refractivity contribution < 1.29 is 13.2 Å². The molecule has 0 atom stereocenters. The lowest BCUT2D eigenvalue weighted by Gasteiger charge is -2.26. The lowest BCUT2D eigenvalue weighted by Crippen LogP contribution is -2.38. The van der Waals surface area contributed by atoms with Crippen molar-refractivity contribution in [1.29, 1.82) is 0 Å². The first-order valence-corrected chi connectivity index (χ1v) is 12.1. The highest BCUT2D eigenvalue weighted by Crippen LogP contribution is 2.29. The molecule has 3 aromatic rings. The van der Waals surface area contributed by atoms with Crippen molar-refractivity contribution in [2.24, 2.45) is 0 Å². The van der Waals surface area contributed by atoms with Gasteiger partial charge >= 0.3 is 0 Å². The number of aryl methyl sites for hydroxylation is 1. The molecule has 0 radical (unpaired) electrons. The Morgan fingerprint density at radius 1 is 1.03 bits per heavy atom. The van der Waals surface area contributed by atoms with Crippen molar-refractivity contribution in [3.05, 3.63) is 83.4 Å². The highest BCUT2D eigenvalue weighted by atomic mass is 35.5. The van der Waals surface area contributed by atoms with Crippen LogP contribution in [0.2, 0.25) is 5.02 Å². The summed E-state index contributed by atoms with van der Waals surface area (Å²) in [6.45, 7) is 1.39. The molecule has 0 spiro atoms. The summed E-state index contributed by atoms with van der Waals surface area (Å²) >= 11 is 7.55. The predicted octanol–water partition coefficient (Wildman–Crippen LogP) is 5.20. The maximum Gasteiger partial charge on any atom is 0.264 e. The topological polar surface area (TPSA) is 66.5 Å². The summed E-state index contributed by atoms with van der Waals surface area (Å²) in [6.07, 6.45) is 1.91. The summed E-state index contributed by atoms with van der Waals surface area (Å²) in [6, 6.07) is 20.3. The van der Waals surface area contributed by atoms with Crippen molar-refractivity contribution in [3.8, 4) is 0 Å². The van der Waals surface area contributed by atoms with Gasteiger partial charge in [-0.2, -0.15) is 0 Å². The van der Waals surface area contributed by atoms with Crippen molar-refractivity contribution >= 4 is 50.7 Å². The van der Waals surface area contributed by atoms with Crippen LogP contribution < -0.4 is 9.62 Å². The lowest BCUT2D eigenvalue weighted by molar-refractivity contribution is -0.114. The molecule has 0 saturated carbocycles. The maximum absolute atomic E-state index is 13.4. The molecule has 156 valence electrons. The SMILES string of the molecule is CSc1ccccc1NC(=O)CN(c1ccc(Cl)cc1C)S(=O)(=O)c1ccccc1. The van der Waals surface area contributed by atoms with Gasteiger partial charge in [-0.25, -0.2) is 8.42 Å². The number of carbonyl (C=O) groups is 1. The van der Waals surface area contributed by atoms with E-state index in [1.54, 1.807) is 49.4 Å². The number of para-hydroxylation sites is 1. The first-order valence-electron chi connectivity index (χ1n) is 9.09. The fourth-order valence-electron chi connectivity index (χ4n) is 2.99. The molecule has 0 aliphatic rings. The van der Waals surface area contributed by atoms with Crippen molar-refractivity contribution in [1.82, 2.24) is 0 Å². The molecule has 3 aromatic carbocycles. The number of carbonyl (C=O) groups excluding carboxylic acids is 1. The zero-order valence-electron chi connectivity index (χ0n) is 16.5. The number of sulfonamides is 1. The molecule has 0 fully saturated rings. The number of thioether (sulfide) groups is 1. The average Bonchev–Trinajstić information content (AvgIpc) is 2.73. The minimum atomic E-state index is -3.97. The minimum absolute atomic E-state index is 0.108. The fourth-order valence-corrected chi connectivity index (χ4v) is 5.27. The maximum atomic E-state index is 13.4. The number of hydrogen-bond donors (Lipinski definition) is 1. The van der Waals surface area contributed by atoms with Gasteiger partial charge in [-0.15, -0.1) is 11.8 Å². The van der Waals surface area contributed by atoms with Crippen molar-refractivity contribution in [3.63, 3.8) is 0 Å². The molecule has 8 heteroatoms. The van der Waals surface area contributed by atoms with Gasteiger partial charge in [0.2, 0.25) is 5.91 Å². The van der Waals surface area contributed by atoms with Gasteiger partial charge in [0.15, 0.2) is 0 Å². The van der Waals surface area contributed by atoms with Crippen LogP contribution in [0.25, 0.3) is 0 Å². The molecule has 0 aliphatic heterocycles. The van der Waals surface area contributed by atoms with Crippen molar-refractivity contribution in [2.45, 2.75) is 16.7 Å². The Kier molecular flexibility index (Phi) is 7.07. The quantitative estimate of drug-likeness (QED) is 0.492. The molecule has 1 N–H and O–H groups in total. The standard InChI is InChI=1S/C22H21ClN2O3S2/c1-16-14-17(23)12-13-20(16)25(30(27,28)18-8-4-3-5-9-18)15-22(26)24-19-10-6-7-11-21(19)29-2/h3-14H,15H2,1-2H3,(H,24,26). The highest BCUT2D eigenvalue weighted by molar-refractivity contribution is 7.98. The molecule has 0 aromatic heterocycles. The van der Waals surface area contributed by atoms with Crippen LogP contribution in [-0.2, 0) is 14.8 Å². The third-order valence-electron chi connectivity index (χ3n) is 4.43. The van der Waals surface area contributed by atoms with Crippen LogP contribution in [0, 0.1) is 6.92 Å². The van der Waals surface area contributed by atoms with E-state index in [2.05, 4.69) is 5.32 Å². The molecule has 5 nitrogen and oxygen atoms in total. The van der Waals surface area contributed by atoms with Gasteiger partial charge in [-0.05, 0) is 61.2 Å². The van der Waals surface area contributed by atoms with Crippen LogP contribution in [0.1, 0.15) is 5.56 Å². The molecule has 1 amide bonds. The highest BCUT2D eigenvalue weighted by Gasteiger charge is 2.28. The smallest absolute Gasteiger partial charge is 0.264 e. The van der Waals surface area contributed by atoms with Crippen LogP contribution in [0.15, 0.2) is 82.6 Å². The predicted molar refractivity (Wildman–Crippen MR) is 124 cm³/mol. The van der Waals surface area contributed by atoms with Gasteiger partial charge in [0.25, 0.3) is 10.0 Å². The number of anilines is 2. The molecule has 0 saturated heterocycles. The van der Waals surface area contributed by atoms with E-state index in [1.165, 1.54) is 23.9 Å². The molecule has 0 bridgehead atoms. The van der Waals surface area contributed by atoms with Crippen LogP contribution in [0.5, 0.6) is 0 Å². The number of rotatable bonds is 7. The molecule has 3 rings (SSSR count). The Hall–Kier alpha value is -2.48. The number of hydrogen-bond acceptors (Lipinski definition) is 4. The van der Waals surface area contributed by atoms with Crippen LogP contribution in [0.4, 0.5) is 11.4 Å². The van der Waals surface area contributed by atoms with Crippen LogP contribution in [0.3, 0.4) is 0 Å². The van der Waals surface area contributed by atoms with E-state index >= 15 is 0 Å². The van der Waals surface area contributed by atoms with E-state index in [9.17, 15) is 13.2 Å². The Morgan fingerprint density at radius 2 is 1.70 bits per heavy atom. The summed E-state index contributed by atoms with van der Waals surface area (Å²) < 4.78 is 27.9. The number of halogens is 1. The summed E-state index contributed by atoms with van der Waals surface area (Å²) in [5, 5.41) is 3.32. The van der Waals surface area contributed by atoms with E-state index in [-0.39, 0.29) is 11.4 Å². The van der Waals surface area contributed by atoms with E-state index in [0.717, 1.165) is 9.20 Å². The third kappa shape index (κ3) is 4.98. The Bertz CT molecular complexity index is 1150.